The SMILES string of the molecule is Cc1sc2ncn(CCC(=O)Nc3nccs3)c(=O)c2c1-c1ccccc1. The Bertz CT molecular complexity index is 1150. The fourth-order valence-corrected chi connectivity index (χ4v) is 4.49. The van der Waals surface area contributed by atoms with Crippen molar-refractivity contribution in [2.45, 2.75) is 19.9 Å². The highest BCUT2D eigenvalue weighted by atomic mass is 32.1. The van der Waals surface area contributed by atoms with E-state index in [0.717, 1.165) is 20.8 Å². The van der Waals surface area contributed by atoms with Crippen LogP contribution in [-0.2, 0) is 11.3 Å². The molecule has 0 saturated heterocycles. The van der Waals surface area contributed by atoms with Gasteiger partial charge in [0.2, 0.25) is 5.91 Å². The number of thiophene rings is 1. The molecule has 0 bridgehead atoms. The molecule has 0 saturated carbocycles. The van der Waals surface area contributed by atoms with Gasteiger partial charge in [-0.25, -0.2) is 9.97 Å². The quantitative estimate of drug-likeness (QED) is 0.555. The summed E-state index contributed by atoms with van der Waals surface area (Å²) < 4.78 is 1.50. The molecule has 136 valence electrons. The summed E-state index contributed by atoms with van der Waals surface area (Å²) >= 11 is 2.87. The summed E-state index contributed by atoms with van der Waals surface area (Å²) in [6, 6.07) is 9.84. The highest BCUT2D eigenvalue weighted by Gasteiger charge is 2.17. The third-order valence-electron chi connectivity index (χ3n) is 4.18. The molecule has 0 radical (unpaired) electrons. The highest BCUT2D eigenvalue weighted by Crippen LogP contribution is 2.35. The molecule has 0 aliphatic carbocycles. The number of carbonyl (C=O) groups is 1. The number of aromatic nitrogens is 3. The molecule has 27 heavy (non-hydrogen) atoms. The number of fused-ring (bicyclic) bond motifs is 1. The van der Waals surface area contributed by atoms with Crippen molar-refractivity contribution in [2.24, 2.45) is 0 Å². The van der Waals surface area contributed by atoms with Crippen LogP contribution in [0.3, 0.4) is 0 Å². The summed E-state index contributed by atoms with van der Waals surface area (Å²) in [7, 11) is 0. The zero-order chi connectivity index (χ0) is 18.8. The summed E-state index contributed by atoms with van der Waals surface area (Å²) in [5, 5.41) is 5.69. The fourth-order valence-electron chi connectivity index (χ4n) is 2.94. The van der Waals surface area contributed by atoms with Crippen molar-refractivity contribution in [3.05, 3.63) is 63.5 Å². The van der Waals surface area contributed by atoms with Crippen molar-refractivity contribution in [1.29, 1.82) is 0 Å². The van der Waals surface area contributed by atoms with Gasteiger partial charge in [0, 0.05) is 35.0 Å². The molecule has 0 atom stereocenters. The molecule has 1 amide bonds. The maximum Gasteiger partial charge on any atom is 0.262 e. The van der Waals surface area contributed by atoms with Crippen molar-refractivity contribution < 1.29 is 4.79 Å². The van der Waals surface area contributed by atoms with Crippen molar-refractivity contribution in [1.82, 2.24) is 14.5 Å². The Hall–Kier alpha value is -2.84. The van der Waals surface area contributed by atoms with Crippen LogP contribution in [0.15, 0.2) is 53.0 Å². The van der Waals surface area contributed by atoms with E-state index in [1.807, 2.05) is 37.3 Å². The standard InChI is InChI=1S/C19H16N4O2S2/c1-12-15(13-5-3-2-4-6-13)16-17(27-12)21-11-23(18(16)25)9-7-14(24)22-19-20-8-10-26-19/h2-6,8,10-11H,7,9H2,1H3,(H,20,22,24). The molecule has 6 nitrogen and oxygen atoms in total. The molecule has 0 unspecified atom stereocenters. The number of hydrogen-bond donors (Lipinski definition) is 1. The molecule has 3 heterocycles. The van der Waals surface area contributed by atoms with E-state index in [-0.39, 0.29) is 24.4 Å². The minimum Gasteiger partial charge on any atom is -0.302 e. The maximum absolute atomic E-state index is 13.1. The summed E-state index contributed by atoms with van der Waals surface area (Å²) in [4.78, 5) is 35.4. The van der Waals surface area contributed by atoms with Gasteiger partial charge in [-0.15, -0.1) is 22.7 Å². The van der Waals surface area contributed by atoms with Crippen molar-refractivity contribution in [3.63, 3.8) is 0 Å². The first kappa shape index (κ1) is 17.6. The lowest BCUT2D eigenvalue weighted by Gasteiger charge is -2.06. The fraction of sp³-hybridized carbons (Fsp3) is 0.158. The first-order chi connectivity index (χ1) is 13.1. The second kappa shape index (κ2) is 7.42. The molecule has 1 N–H and O–H groups in total. The Kier molecular flexibility index (Phi) is 4.83. The van der Waals surface area contributed by atoms with Crippen LogP contribution in [0.4, 0.5) is 5.13 Å². The lowest BCUT2D eigenvalue weighted by Crippen LogP contribution is -2.23. The minimum absolute atomic E-state index is 0.120. The molecule has 0 aliphatic rings. The van der Waals surface area contributed by atoms with Crippen LogP contribution < -0.4 is 10.9 Å². The van der Waals surface area contributed by atoms with Gasteiger partial charge in [-0.1, -0.05) is 30.3 Å². The predicted molar refractivity (Wildman–Crippen MR) is 109 cm³/mol. The minimum atomic E-state index is -0.179. The zero-order valence-electron chi connectivity index (χ0n) is 14.5. The monoisotopic (exact) mass is 396 g/mol. The molecular weight excluding hydrogens is 380 g/mol. The summed E-state index contributed by atoms with van der Waals surface area (Å²) in [6.45, 7) is 2.27. The highest BCUT2D eigenvalue weighted by molar-refractivity contribution is 7.19. The van der Waals surface area contributed by atoms with Gasteiger partial charge in [0.15, 0.2) is 5.13 Å². The van der Waals surface area contributed by atoms with E-state index >= 15 is 0 Å². The Morgan fingerprint density at radius 2 is 2.04 bits per heavy atom. The van der Waals surface area contributed by atoms with Crippen LogP contribution in [-0.4, -0.2) is 20.4 Å². The normalized spacial score (nSPS) is 11.0. The number of amides is 1. The largest absolute Gasteiger partial charge is 0.302 e. The number of thiazole rings is 1. The second-order valence-electron chi connectivity index (χ2n) is 5.96. The first-order valence-corrected chi connectivity index (χ1v) is 10.1. The van der Waals surface area contributed by atoms with Crippen LogP contribution in [0.5, 0.6) is 0 Å². The molecule has 0 fully saturated rings. The van der Waals surface area contributed by atoms with E-state index in [4.69, 9.17) is 0 Å². The van der Waals surface area contributed by atoms with Crippen LogP contribution in [0.2, 0.25) is 0 Å². The Morgan fingerprint density at radius 1 is 1.22 bits per heavy atom. The Balaban J connectivity index is 1.64. The third-order valence-corrected chi connectivity index (χ3v) is 5.88. The molecule has 0 aliphatic heterocycles. The molecule has 3 aromatic heterocycles. The zero-order valence-corrected chi connectivity index (χ0v) is 16.1. The van der Waals surface area contributed by atoms with Gasteiger partial charge < -0.3 is 5.32 Å². The number of benzene rings is 1. The van der Waals surface area contributed by atoms with E-state index < -0.39 is 0 Å². The van der Waals surface area contributed by atoms with Crippen LogP contribution >= 0.6 is 22.7 Å². The van der Waals surface area contributed by atoms with Crippen molar-refractivity contribution in [3.8, 4) is 11.1 Å². The summed E-state index contributed by atoms with van der Waals surface area (Å²) in [5.41, 5.74) is 1.80. The van der Waals surface area contributed by atoms with Gasteiger partial charge in [-0.2, -0.15) is 0 Å². The summed E-state index contributed by atoms with van der Waals surface area (Å²) in [5.74, 6) is -0.179. The first-order valence-electron chi connectivity index (χ1n) is 8.37. The van der Waals surface area contributed by atoms with E-state index in [9.17, 15) is 9.59 Å². The van der Waals surface area contributed by atoms with E-state index in [0.29, 0.717) is 10.5 Å². The number of nitrogens with zero attached hydrogens (tertiary/aromatic N) is 3. The Morgan fingerprint density at radius 3 is 2.78 bits per heavy atom. The summed E-state index contributed by atoms with van der Waals surface area (Å²) in [6.07, 6.45) is 3.33. The lowest BCUT2D eigenvalue weighted by atomic mass is 10.0. The number of carbonyl (C=O) groups excluding carboxylic acids is 1. The second-order valence-corrected chi connectivity index (χ2v) is 8.06. The predicted octanol–water partition coefficient (Wildman–Crippen LogP) is 3.92. The van der Waals surface area contributed by atoms with Gasteiger partial charge in [0.05, 0.1) is 11.7 Å². The number of hydrogen-bond acceptors (Lipinski definition) is 6. The van der Waals surface area contributed by atoms with Gasteiger partial charge in [0.1, 0.15) is 4.83 Å². The number of anilines is 1. The van der Waals surface area contributed by atoms with Gasteiger partial charge >= 0.3 is 0 Å². The smallest absolute Gasteiger partial charge is 0.262 e. The van der Waals surface area contributed by atoms with Crippen LogP contribution in [0.25, 0.3) is 21.3 Å². The number of rotatable bonds is 5. The maximum atomic E-state index is 13.1. The van der Waals surface area contributed by atoms with E-state index in [1.165, 1.54) is 33.6 Å². The van der Waals surface area contributed by atoms with Gasteiger partial charge in [-0.05, 0) is 12.5 Å². The van der Waals surface area contributed by atoms with Crippen LogP contribution in [0, 0.1) is 6.92 Å². The van der Waals surface area contributed by atoms with E-state index in [2.05, 4.69) is 15.3 Å². The molecule has 8 heteroatoms. The molecular formula is C19H16N4O2S2. The molecule has 1 aromatic carbocycles. The number of nitrogens with one attached hydrogen (secondary N) is 1. The average molecular weight is 396 g/mol. The Labute approximate surface area is 163 Å². The lowest BCUT2D eigenvalue weighted by molar-refractivity contribution is -0.116. The van der Waals surface area contributed by atoms with E-state index in [1.54, 1.807) is 11.6 Å². The third kappa shape index (κ3) is 3.54. The number of aryl methyl sites for hydroxylation is 2. The van der Waals surface area contributed by atoms with Gasteiger partial charge in [0.25, 0.3) is 5.56 Å². The molecule has 0 spiro atoms. The van der Waals surface area contributed by atoms with Crippen molar-refractivity contribution in [2.75, 3.05) is 5.32 Å². The van der Waals surface area contributed by atoms with Crippen LogP contribution in [0.1, 0.15) is 11.3 Å². The van der Waals surface area contributed by atoms with Gasteiger partial charge in [-0.3, -0.25) is 14.2 Å². The average Bonchev–Trinajstić information content (AvgIpc) is 3.29. The topological polar surface area (TPSA) is 76.9 Å². The molecule has 4 rings (SSSR count). The molecule has 4 aromatic rings. The van der Waals surface area contributed by atoms with Crippen molar-refractivity contribution >= 4 is 43.9 Å².